The third-order valence-corrected chi connectivity index (χ3v) is 2.05. The number of para-hydroxylation sites is 1. The molecule has 18 heavy (non-hydrogen) atoms. The number of anilines is 1. The molecule has 0 spiro atoms. The highest BCUT2D eigenvalue weighted by Crippen LogP contribution is 2.12. The fourth-order valence-electron chi connectivity index (χ4n) is 1.17. The molecule has 0 aromatic heterocycles. The van der Waals surface area contributed by atoms with Crippen molar-refractivity contribution in [2.75, 3.05) is 25.0 Å². The molecule has 100 valence electrons. The summed E-state index contributed by atoms with van der Waals surface area (Å²) in [4.78, 5) is 11.3. The van der Waals surface area contributed by atoms with Crippen molar-refractivity contribution in [3.8, 4) is 0 Å². The number of nitrogens with one attached hydrogen (secondary N) is 2. The van der Waals surface area contributed by atoms with E-state index >= 15 is 0 Å². The Bertz CT molecular complexity index is 413. The molecular formula is C11H13F3N2O2. The van der Waals surface area contributed by atoms with Crippen LogP contribution in [0.15, 0.2) is 24.3 Å². The van der Waals surface area contributed by atoms with Crippen LogP contribution in [0.2, 0.25) is 0 Å². The highest BCUT2D eigenvalue weighted by molar-refractivity contribution is 5.92. The molecule has 0 fully saturated rings. The van der Waals surface area contributed by atoms with E-state index in [1.807, 2.05) is 0 Å². The van der Waals surface area contributed by atoms with Crippen LogP contribution in [0.4, 0.5) is 18.9 Å². The van der Waals surface area contributed by atoms with Crippen molar-refractivity contribution in [3.05, 3.63) is 30.1 Å². The quantitative estimate of drug-likeness (QED) is 0.716. The van der Waals surface area contributed by atoms with Gasteiger partial charge in [-0.1, -0.05) is 12.1 Å². The second-order valence-electron chi connectivity index (χ2n) is 3.65. The number of carbonyl (C=O) groups excluding carboxylic acids is 1. The molecule has 0 aliphatic carbocycles. The summed E-state index contributed by atoms with van der Waals surface area (Å²) in [6.45, 7) is -2.52. The van der Waals surface area contributed by atoms with Crippen LogP contribution >= 0.6 is 0 Å². The van der Waals surface area contributed by atoms with Crippen LogP contribution in [-0.4, -0.2) is 36.6 Å². The minimum Gasteiger partial charge on any atom is -0.390 e. The molecule has 1 aromatic carbocycles. The van der Waals surface area contributed by atoms with E-state index in [0.29, 0.717) is 0 Å². The summed E-state index contributed by atoms with van der Waals surface area (Å²) in [6, 6.07) is 5.52. The predicted octanol–water partition coefficient (Wildman–Crippen LogP) is 0.981. The Morgan fingerprint density at radius 3 is 2.61 bits per heavy atom. The van der Waals surface area contributed by atoms with E-state index in [9.17, 15) is 18.0 Å². The maximum absolute atomic E-state index is 13.1. The van der Waals surface area contributed by atoms with Crippen molar-refractivity contribution >= 4 is 11.6 Å². The highest BCUT2D eigenvalue weighted by Gasteiger charge is 2.27. The molecule has 0 saturated heterocycles. The number of alkyl halides is 2. The van der Waals surface area contributed by atoms with Gasteiger partial charge in [0.15, 0.2) is 0 Å². The molecule has 0 heterocycles. The first kappa shape index (κ1) is 14.5. The van der Waals surface area contributed by atoms with Crippen molar-refractivity contribution in [3.63, 3.8) is 0 Å². The Labute approximate surface area is 102 Å². The summed E-state index contributed by atoms with van der Waals surface area (Å²) < 4.78 is 38.3. The topological polar surface area (TPSA) is 61.4 Å². The summed E-state index contributed by atoms with van der Waals surface area (Å²) in [5, 5.41) is 12.7. The normalized spacial score (nSPS) is 11.3. The number of benzene rings is 1. The molecule has 0 unspecified atom stereocenters. The van der Waals surface area contributed by atoms with Crippen LogP contribution < -0.4 is 10.6 Å². The van der Waals surface area contributed by atoms with Crippen LogP contribution in [0.3, 0.4) is 0 Å². The van der Waals surface area contributed by atoms with E-state index in [1.165, 1.54) is 24.3 Å². The van der Waals surface area contributed by atoms with Crippen molar-refractivity contribution in [1.29, 1.82) is 0 Å². The van der Waals surface area contributed by atoms with Gasteiger partial charge in [0.05, 0.1) is 18.8 Å². The van der Waals surface area contributed by atoms with E-state index in [0.717, 1.165) is 0 Å². The molecule has 7 heteroatoms. The van der Waals surface area contributed by atoms with Gasteiger partial charge in [-0.25, -0.2) is 13.2 Å². The van der Waals surface area contributed by atoms with E-state index in [4.69, 9.17) is 5.11 Å². The lowest BCUT2D eigenvalue weighted by Crippen LogP contribution is -2.39. The largest absolute Gasteiger partial charge is 0.390 e. The van der Waals surface area contributed by atoms with Gasteiger partial charge in [-0.3, -0.25) is 4.79 Å². The molecule has 4 nitrogen and oxygen atoms in total. The van der Waals surface area contributed by atoms with Gasteiger partial charge in [-0.05, 0) is 12.1 Å². The smallest absolute Gasteiger partial charge is 0.282 e. The lowest BCUT2D eigenvalue weighted by atomic mass is 10.3. The lowest BCUT2D eigenvalue weighted by molar-refractivity contribution is -0.115. The second kappa shape index (κ2) is 6.36. The van der Waals surface area contributed by atoms with E-state index in [1.54, 1.807) is 0 Å². The molecule has 1 amide bonds. The first-order valence-corrected chi connectivity index (χ1v) is 5.18. The molecule has 1 aromatic rings. The van der Waals surface area contributed by atoms with Gasteiger partial charge >= 0.3 is 0 Å². The van der Waals surface area contributed by atoms with Gasteiger partial charge in [-0.2, -0.15) is 0 Å². The van der Waals surface area contributed by atoms with Gasteiger partial charge in [0.2, 0.25) is 5.91 Å². The van der Waals surface area contributed by atoms with Crippen LogP contribution in [0, 0.1) is 5.82 Å². The minimum atomic E-state index is -3.28. The number of aliphatic hydroxyl groups excluding tert-OH is 1. The number of rotatable bonds is 6. The molecule has 0 aliphatic heterocycles. The van der Waals surface area contributed by atoms with Gasteiger partial charge in [0.1, 0.15) is 12.4 Å². The summed E-state index contributed by atoms with van der Waals surface area (Å²) in [5.41, 5.74) is -0.0155. The number of hydrogen-bond acceptors (Lipinski definition) is 3. The zero-order chi connectivity index (χ0) is 13.6. The Kier molecular flexibility index (Phi) is 5.11. The highest BCUT2D eigenvalue weighted by atomic mass is 19.3. The van der Waals surface area contributed by atoms with Crippen LogP contribution in [0.25, 0.3) is 0 Å². The van der Waals surface area contributed by atoms with E-state index in [2.05, 4.69) is 10.6 Å². The van der Waals surface area contributed by atoms with Crippen molar-refractivity contribution in [2.24, 2.45) is 0 Å². The van der Waals surface area contributed by atoms with Crippen molar-refractivity contribution in [1.82, 2.24) is 5.32 Å². The van der Waals surface area contributed by atoms with E-state index < -0.39 is 37.3 Å². The number of halogens is 3. The first-order valence-electron chi connectivity index (χ1n) is 5.18. The molecule has 0 aliphatic rings. The molecule has 0 radical (unpaired) electrons. The van der Waals surface area contributed by atoms with Crippen LogP contribution in [-0.2, 0) is 4.79 Å². The molecule has 0 saturated carbocycles. The zero-order valence-corrected chi connectivity index (χ0v) is 9.42. The number of amides is 1. The molecule has 0 bridgehead atoms. The first-order chi connectivity index (χ1) is 8.44. The zero-order valence-electron chi connectivity index (χ0n) is 9.42. The standard InChI is InChI=1S/C11H13F3N2O2/c12-8-3-1-2-4-9(8)16-10(18)5-15-6-11(13,14)7-17/h1-4,15,17H,5-7H2,(H,16,18). The van der Waals surface area contributed by atoms with Crippen molar-refractivity contribution in [2.45, 2.75) is 5.92 Å². The minimum absolute atomic E-state index is 0.0155. The average molecular weight is 262 g/mol. The molecule has 1 rings (SSSR count). The fourth-order valence-corrected chi connectivity index (χ4v) is 1.17. The van der Waals surface area contributed by atoms with Crippen LogP contribution in [0.1, 0.15) is 0 Å². The van der Waals surface area contributed by atoms with Gasteiger partial charge < -0.3 is 15.7 Å². The maximum Gasteiger partial charge on any atom is 0.282 e. The SMILES string of the molecule is O=C(CNCC(F)(F)CO)Nc1ccccc1F. The summed E-state index contributed by atoms with van der Waals surface area (Å²) >= 11 is 0. The summed E-state index contributed by atoms with van der Waals surface area (Å²) in [6.07, 6.45) is 0. The second-order valence-corrected chi connectivity index (χ2v) is 3.65. The van der Waals surface area contributed by atoms with E-state index in [-0.39, 0.29) is 5.69 Å². The molecular weight excluding hydrogens is 249 g/mol. The van der Waals surface area contributed by atoms with Gasteiger partial charge in [0, 0.05) is 0 Å². The Balaban J connectivity index is 2.37. The molecule has 3 N–H and O–H groups in total. The Hall–Kier alpha value is -1.60. The van der Waals surface area contributed by atoms with Crippen molar-refractivity contribution < 1.29 is 23.1 Å². The fraction of sp³-hybridized carbons (Fsp3) is 0.364. The number of aliphatic hydroxyl groups is 1. The lowest BCUT2D eigenvalue weighted by Gasteiger charge is -2.13. The third-order valence-electron chi connectivity index (χ3n) is 2.05. The monoisotopic (exact) mass is 262 g/mol. The number of carbonyl (C=O) groups is 1. The predicted molar refractivity (Wildman–Crippen MR) is 59.9 cm³/mol. The Morgan fingerprint density at radius 1 is 1.33 bits per heavy atom. The summed E-state index contributed by atoms with van der Waals surface area (Å²) in [7, 11) is 0. The van der Waals surface area contributed by atoms with Gasteiger partial charge in [0.25, 0.3) is 5.92 Å². The third kappa shape index (κ3) is 4.72. The number of hydrogen-bond donors (Lipinski definition) is 3. The molecule has 0 atom stereocenters. The Morgan fingerprint density at radius 2 is 2.00 bits per heavy atom. The average Bonchev–Trinajstić information content (AvgIpc) is 2.32. The maximum atomic E-state index is 13.1. The van der Waals surface area contributed by atoms with Gasteiger partial charge in [-0.15, -0.1) is 0 Å². The summed E-state index contributed by atoms with van der Waals surface area (Å²) in [5.74, 6) is -4.53. The van der Waals surface area contributed by atoms with Crippen LogP contribution in [0.5, 0.6) is 0 Å².